The van der Waals surface area contributed by atoms with E-state index in [1.807, 2.05) is 0 Å². The second kappa shape index (κ2) is 6.21. The lowest BCUT2D eigenvalue weighted by molar-refractivity contribution is -0.127. The van der Waals surface area contributed by atoms with Gasteiger partial charge >= 0.3 is 0 Å². The zero-order valence-corrected chi connectivity index (χ0v) is 19.0. The Morgan fingerprint density at radius 1 is 1.00 bits per heavy atom. The van der Waals surface area contributed by atoms with Crippen molar-refractivity contribution in [3.8, 4) is 0 Å². The fourth-order valence-electron chi connectivity index (χ4n) is 9.33. The molecule has 0 saturated heterocycles. The summed E-state index contributed by atoms with van der Waals surface area (Å²) in [5.74, 6) is 5.22. The molecule has 0 aromatic carbocycles. The topological polar surface area (TPSA) is 17.1 Å². The molecule has 5 aliphatic rings. The van der Waals surface area contributed by atoms with Gasteiger partial charge in [0.25, 0.3) is 0 Å². The predicted molar refractivity (Wildman–Crippen MR) is 116 cm³/mol. The minimum absolute atomic E-state index is 0.0804. The van der Waals surface area contributed by atoms with Crippen LogP contribution in [0.5, 0.6) is 0 Å². The molecule has 0 amide bonds. The molecule has 0 aliphatic heterocycles. The highest BCUT2D eigenvalue weighted by molar-refractivity contribution is 6.00. The Morgan fingerprint density at radius 3 is 2.50 bits per heavy atom. The lowest BCUT2D eigenvalue weighted by atomic mass is 9.49. The van der Waals surface area contributed by atoms with Crippen LogP contribution in [0.25, 0.3) is 0 Å². The summed E-state index contributed by atoms with van der Waals surface area (Å²) < 4.78 is 0. The first-order chi connectivity index (χ1) is 13.2. The first-order valence-electron chi connectivity index (χ1n) is 12.5. The molecular weight excluding hydrogens is 340 g/mol. The molecule has 0 heterocycles. The first kappa shape index (κ1) is 19.4. The molecule has 1 nitrogen and oxygen atoms in total. The Hall–Kier alpha value is -0.590. The van der Waals surface area contributed by atoms with Crippen molar-refractivity contribution < 1.29 is 4.79 Å². The molecule has 0 radical (unpaired) electrons. The molecular formula is C27H42O. The number of hydrogen-bond acceptors (Lipinski definition) is 1. The van der Waals surface area contributed by atoms with E-state index < -0.39 is 0 Å². The van der Waals surface area contributed by atoms with E-state index in [0.717, 1.165) is 23.7 Å². The monoisotopic (exact) mass is 382 g/mol. The third-order valence-electron chi connectivity index (χ3n) is 11.0. The third kappa shape index (κ3) is 2.34. The largest absolute Gasteiger partial charge is 0.294 e. The van der Waals surface area contributed by atoms with Crippen LogP contribution >= 0.6 is 0 Å². The Kier molecular flexibility index (Phi) is 4.30. The molecule has 156 valence electrons. The molecule has 0 aromatic heterocycles. The summed E-state index contributed by atoms with van der Waals surface area (Å²) in [6, 6.07) is 0. The lowest BCUT2D eigenvalue weighted by Gasteiger charge is -2.55. The number of rotatable bonds is 5. The van der Waals surface area contributed by atoms with E-state index in [1.54, 1.807) is 5.57 Å². The van der Waals surface area contributed by atoms with Gasteiger partial charge in [-0.15, -0.1) is 0 Å². The summed E-state index contributed by atoms with van der Waals surface area (Å²) in [5, 5.41) is 0. The van der Waals surface area contributed by atoms with Gasteiger partial charge in [-0.05, 0) is 97.4 Å². The van der Waals surface area contributed by atoms with Gasteiger partial charge in [0.2, 0.25) is 0 Å². The minimum Gasteiger partial charge on any atom is -0.294 e. The van der Waals surface area contributed by atoms with Gasteiger partial charge in [0, 0.05) is 5.41 Å². The average molecular weight is 383 g/mol. The normalized spacial score (nSPS) is 49.9. The van der Waals surface area contributed by atoms with Gasteiger partial charge < -0.3 is 0 Å². The van der Waals surface area contributed by atoms with Crippen molar-refractivity contribution in [3.63, 3.8) is 0 Å². The highest BCUT2D eigenvalue weighted by Gasteiger charge is 2.76. The Bertz CT molecular complexity index is 703. The van der Waals surface area contributed by atoms with Crippen LogP contribution in [0.2, 0.25) is 0 Å². The maximum atomic E-state index is 13.3. The fraction of sp³-hybridized carbons (Fsp3) is 0.889. The summed E-state index contributed by atoms with van der Waals surface area (Å²) >= 11 is 0. The summed E-state index contributed by atoms with van der Waals surface area (Å²) in [4.78, 5) is 13.3. The van der Waals surface area contributed by atoms with Crippen molar-refractivity contribution in [2.45, 2.75) is 98.8 Å². The van der Waals surface area contributed by atoms with Crippen LogP contribution in [0, 0.1) is 51.8 Å². The standard InChI is InChI=1S/C27H42O/c1-17(2)7-6-8-18(3)21-9-10-22-20-15-24(28)27-16-19(27)11-14-26(27,5)23(20)12-13-25(21,22)4/h15,17-19,21-23H,6-14,16H2,1-5H3/t18-,19-,21-,22+,23+,25-,26-,27?/m1/s1. The van der Waals surface area contributed by atoms with Gasteiger partial charge in [-0.2, -0.15) is 0 Å². The molecule has 1 heteroatoms. The van der Waals surface area contributed by atoms with Crippen LogP contribution in [-0.4, -0.2) is 5.78 Å². The summed E-state index contributed by atoms with van der Waals surface area (Å²) in [6.07, 6.45) is 15.7. The van der Waals surface area contributed by atoms with Crippen LogP contribution < -0.4 is 0 Å². The lowest BCUT2D eigenvalue weighted by Crippen LogP contribution is -2.50. The summed E-state index contributed by atoms with van der Waals surface area (Å²) in [7, 11) is 0. The van der Waals surface area contributed by atoms with Crippen molar-refractivity contribution in [1.82, 2.24) is 0 Å². The van der Waals surface area contributed by atoms with E-state index in [1.165, 1.54) is 64.2 Å². The highest BCUT2D eigenvalue weighted by Crippen LogP contribution is 2.79. The second-order valence-electron chi connectivity index (χ2n) is 12.5. The average Bonchev–Trinajstić information content (AvgIpc) is 3.15. The van der Waals surface area contributed by atoms with Gasteiger partial charge in [-0.1, -0.05) is 59.5 Å². The molecule has 4 fully saturated rings. The van der Waals surface area contributed by atoms with Crippen molar-refractivity contribution in [2.24, 2.45) is 51.8 Å². The second-order valence-corrected chi connectivity index (χ2v) is 12.5. The van der Waals surface area contributed by atoms with Gasteiger partial charge in [-0.25, -0.2) is 0 Å². The number of fused-ring (bicyclic) bond motifs is 4. The van der Waals surface area contributed by atoms with Gasteiger partial charge in [0.05, 0.1) is 0 Å². The smallest absolute Gasteiger partial charge is 0.162 e. The van der Waals surface area contributed by atoms with Crippen LogP contribution in [-0.2, 0) is 4.79 Å². The van der Waals surface area contributed by atoms with Crippen LogP contribution in [0.15, 0.2) is 11.6 Å². The maximum absolute atomic E-state index is 13.3. The summed E-state index contributed by atoms with van der Waals surface area (Å²) in [5.41, 5.74) is 2.44. The van der Waals surface area contributed by atoms with Crippen molar-refractivity contribution in [1.29, 1.82) is 0 Å². The van der Waals surface area contributed by atoms with Crippen LogP contribution in [0.1, 0.15) is 98.8 Å². The van der Waals surface area contributed by atoms with E-state index in [2.05, 4.69) is 40.7 Å². The Morgan fingerprint density at radius 2 is 1.79 bits per heavy atom. The molecule has 0 bridgehead atoms. The zero-order chi connectivity index (χ0) is 19.9. The molecule has 5 rings (SSSR count). The zero-order valence-electron chi connectivity index (χ0n) is 19.0. The molecule has 28 heavy (non-hydrogen) atoms. The number of hydrogen-bond donors (Lipinski definition) is 0. The van der Waals surface area contributed by atoms with E-state index in [9.17, 15) is 4.79 Å². The molecule has 0 N–H and O–H groups in total. The Balaban J connectivity index is 1.39. The van der Waals surface area contributed by atoms with Gasteiger partial charge in [0.15, 0.2) is 5.78 Å². The van der Waals surface area contributed by atoms with Crippen LogP contribution in [0.3, 0.4) is 0 Å². The minimum atomic E-state index is 0.0804. The van der Waals surface area contributed by atoms with E-state index in [4.69, 9.17) is 0 Å². The maximum Gasteiger partial charge on any atom is 0.162 e. The predicted octanol–water partition coefficient (Wildman–Crippen LogP) is 7.21. The van der Waals surface area contributed by atoms with Gasteiger partial charge in [-0.3, -0.25) is 4.79 Å². The molecule has 1 unspecified atom stereocenters. The van der Waals surface area contributed by atoms with Crippen LogP contribution in [0.4, 0.5) is 0 Å². The SMILES string of the molecule is CC(C)CCC[C@@H](C)[C@H]1CC[C@H]2C3=CC(=O)C45C[C@H]4CC[C@]5(C)[C@H]3CC[C@]12C. The van der Waals surface area contributed by atoms with E-state index >= 15 is 0 Å². The van der Waals surface area contributed by atoms with Crippen molar-refractivity contribution in [3.05, 3.63) is 11.6 Å². The first-order valence-corrected chi connectivity index (χ1v) is 12.5. The quantitative estimate of drug-likeness (QED) is 0.491. The Labute approximate surface area is 173 Å². The van der Waals surface area contributed by atoms with Gasteiger partial charge in [0.1, 0.15) is 0 Å². The molecule has 1 spiro atoms. The number of ketones is 1. The highest BCUT2D eigenvalue weighted by atomic mass is 16.1. The fourth-order valence-corrected chi connectivity index (χ4v) is 9.33. The van der Waals surface area contributed by atoms with E-state index in [0.29, 0.717) is 28.4 Å². The molecule has 4 saturated carbocycles. The third-order valence-corrected chi connectivity index (χ3v) is 11.0. The molecule has 0 aromatic rings. The number of carbonyl (C=O) groups is 1. The van der Waals surface area contributed by atoms with Crippen molar-refractivity contribution in [2.75, 3.05) is 0 Å². The van der Waals surface area contributed by atoms with E-state index in [-0.39, 0.29) is 5.41 Å². The molecule has 5 aliphatic carbocycles. The molecule has 8 atom stereocenters. The summed E-state index contributed by atoms with van der Waals surface area (Å²) in [6.45, 7) is 12.4. The van der Waals surface area contributed by atoms with Crippen molar-refractivity contribution >= 4 is 5.78 Å². The number of allylic oxidation sites excluding steroid dienone is 2. The number of carbonyl (C=O) groups excluding carboxylic acids is 1.